The third-order valence-corrected chi connectivity index (χ3v) is 5.83. The molecule has 2 aliphatic rings. The maximum absolute atomic E-state index is 13.5. The summed E-state index contributed by atoms with van der Waals surface area (Å²) in [6, 6.07) is 11.5. The molecular formula is C21H20BrN3O3. The highest BCUT2D eigenvalue weighted by Crippen LogP contribution is 2.40. The van der Waals surface area contributed by atoms with E-state index in [1.54, 1.807) is 4.57 Å². The molecule has 3 heterocycles. The Morgan fingerprint density at radius 2 is 2.11 bits per heavy atom. The summed E-state index contributed by atoms with van der Waals surface area (Å²) in [6.07, 6.45) is 1.97. The van der Waals surface area contributed by atoms with Gasteiger partial charge in [-0.3, -0.25) is 4.79 Å². The molecule has 1 aromatic carbocycles. The van der Waals surface area contributed by atoms with E-state index < -0.39 is 5.92 Å². The van der Waals surface area contributed by atoms with Crippen LogP contribution in [0.25, 0.3) is 0 Å². The number of aryl methyl sites for hydroxylation is 1. The fourth-order valence-electron chi connectivity index (χ4n) is 3.89. The van der Waals surface area contributed by atoms with Gasteiger partial charge >= 0.3 is 0 Å². The van der Waals surface area contributed by atoms with Gasteiger partial charge in [0.2, 0.25) is 5.88 Å². The number of fused-ring (bicyclic) bond motifs is 1. The number of benzene rings is 1. The van der Waals surface area contributed by atoms with Gasteiger partial charge in [0.15, 0.2) is 0 Å². The monoisotopic (exact) mass is 441 g/mol. The molecule has 7 heteroatoms. The number of hydrogen-bond acceptors (Lipinski definition) is 5. The van der Waals surface area contributed by atoms with Gasteiger partial charge < -0.3 is 19.8 Å². The van der Waals surface area contributed by atoms with E-state index in [9.17, 15) is 10.1 Å². The Kier molecular flexibility index (Phi) is 5.00. The summed E-state index contributed by atoms with van der Waals surface area (Å²) >= 11 is 3.42. The van der Waals surface area contributed by atoms with Crippen LogP contribution < -0.4 is 16.0 Å². The molecule has 2 aliphatic heterocycles. The molecule has 1 saturated heterocycles. The van der Waals surface area contributed by atoms with Crippen LogP contribution >= 0.6 is 15.9 Å². The number of nitriles is 1. The lowest BCUT2D eigenvalue weighted by Crippen LogP contribution is -2.35. The Bertz CT molecular complexity index is 1040. The Hall–Kier alpha value is -2.56. The van der Waals surface area contributed by atoms with Gasteiger partial charge in [0.25, 0.3) is 5.56 Å². The minimum Gasteiger partial charge on any atom is -0.440 e. The molecular weight excluding hydrogens is 422 g/mol. The summed E-state index contributed by atoms with van der Waals surface area (Å²) in [7, 11) is 0. The van der Waals surface area contributed by atoms with Crippen LogP contribution in [0.2, 0.25) is 0 Å². The van der Waals surface area contributed by atoms with E-state index in [-0.39, 0.29) is 23.1 Å². The Morgan fingerprint density at radius 3 is 2.75 bits per heavy atom. The minimum atomic E-state index is -0.564. The number of aromatic nitrogens is 1. The summed E-state index contributed by atoms with van der Waals surface area (Å²) in [5.41, 5.74) is 8.15. The number of halogens is 1. The first-order valence-corrected chi connectivity index (χ1v) is 9.98. The van der Waals surface area contributed by atoms with Gasteiger partial charge in [-0.1, -0.05) is 28.1 Å². The van der Waals surface area contributed by atoms with Crippen molar-refractivity contribution < 1.29 is 9.47 Å². The van der Waals surface area contributed by atoms with Crippen molar-refractivity contribution in [1.82, 2.24) is 4.57 Å². The number of rotatable bonds is 3. The van der Waals surface area contributed by atoms with Crippen LogP contribution in [0.3, 0.4) is 0 Å². The summed E-state index contributed by atoms with van der Waals surface area (Å²) in [6.45, 7) is 3.09. The molecule has 2 atom stereocenters. The van der Waals surface area contributed by atoms with Gasteiger partial charge in [-0.15, -0.1) is 0 Å². The molecule has 2 aromatic rings. The highest BCUT2D eigenvalue weighted by molar-refractivity contribution is 9.10. The molecule has 0 spiro atoms. The van der Waals surface area contributed by atoms with Gasteiger partial charge in [-0.05, 0) is 37.5 Å². The van der Waals surface area contributed by atoms with Crippen molar-refractivity contribution in [2.24, 2.45) is 5.73 Å². The first-order valence-electron chi connectivity index (χ1n) is 9.18. The summed E-state index contributed by atoms with van der Waals surface area (Å²) < 4.78 is 14.0. The zero-order valence-electron chi connectivity index (χ0n) is 15.4. The number of allylic oxidation sites excluding steroid dienone is 1. The lowest BCUT2D eigenvalue weighted by Gasteiger charge is -2.28. The van der Waals surface area contributed by atoms with Gasteiger partial charge in [-0.25, -0.2) is 0 Å². The molecule has 0 unspecified atom stereocenters. The van der Waals surface area contributed by atoms with Crippen molar-refractivity contribution in [2.75, 3.05) is 6.61 Å². The maximum atomic E-state index is 13.5. The molecule has 144 valence electrons. The first kappa shape index (κ1) is 18.8. The van der Waals surface area contributed by atoms with E-state index in [1.165, 1.54) is 0 Å². The second-order valence-corrected chi connectivity index (χ2v) is 8.01. The van der Waals surface area contributed by atoms with Crippen LogP contribution in [0, 0.1) is 18.3 Å². The van der Waals surface area contributed by atoms with E-state index in [0.29, 0.717) is 17.9 Å². The predicted octanol–water partition coefficient (Wildman–Crippen LogP) is 3.32. The molecule has 1 aromatic heterocycles. The molecule has 1 fully saturated rings. The summed E-state index contributed by atoms with van der Waals surface area (Å²) in [4.78, 5) is 13.5. The zero-order chi connectivity index (χ0) is 19.8. The van der Waals surface area contributed by atoms with Gasteiger partial charge in [0, 0.05) is 22.8 Å². The Morgan fingerprint density at radius 1 is 1.36 bits per heavy atom. The number of nitrogens with zero attached hydrogens (tertiary/aromatic N) is 2. The molecule has 0 bridgehead atoms. The Balaban J connectivity index is 1.89. The fraction of sp³-hybridized carbons (Fsp3) is 0.333. The van der Waals surface area contributed by atoms with Gasteiger partial charge in [-0.2, -0.15) is 5.26 Å². The minimum absolute atomic E-state index is 0.0288. The van der Waals surface area contributed by atoms with Crippen molar-refractivity contribution in [3.8, 4) is 11.8 Å². The van der Waals surface area contributed by atoms with Crippen LogP contribution in [-0.2, 0) is 11.3 Å². The van der Waals surface area contributed by atoms with Crippen molar-refractivity contribution in [3.63, 3.8) is 0 Å². The smallest absolute Gasteiger partial charge is 0.258 e. The van der Waals surface area contributed by atoms with Crippen molar-refractivity contribution in [1.29, 1.82) is 5.26 Å². The zero-order valence-corrected chi connectivity index (χ0v) is 17.0. The third-order valence-electron chi connectivity index (χ3n) is 5.30. The van der Waals surface area contributed by atoms with E-state index in [2.05, 4.69) is 22.0 Å². The van der Waals surface area contributed by atoms with Crippen LogP contribution in [0.15, 0.2) is 51.1 Å². The summed E-state index contributed by atoms with van der Waals surface area (Å²) in [5, 5.41) is 9.71. The third kappa shape index (κ3) is 3.23. The van der Waals surface area contributed by atoms with Crippen LogP contribution in [0.4, 0.5) is 0 Å². The van der Waals surface area contributed by atoms with Crippen LogP contribution in [0.1, 0.15) is 35.6 Å². The van der Waals surface area contributed by atoms with Gasteiger partial charge in [0.05, 0.1) is 24.1 Å². The van der Waals surface area contributed by atoms with Crippen LogP contribution in [0.5, 0.6) is 5.75 Å². The number of nitrogens with two attached hydrogens (primary N) is 1. The van der Waals surface area contributed by atoms with Crippen LogP contribution in [-0.4, -0.2) is 17.3 Å². The largest absolute Gasteiger partial charge is 0.440 e. The highest BCUT2D eigenvalue weighted by atomic mass is 79.9. The maximum Gasteiger partial charge on any atom is 0.258 e. The number of hydrogen-bond donors (Lipinski definition) is 1. The molecule has 0 aliphatic carbocycles. The molecule has 4 rings (SSSR count). The fourth-order valence-corrected chi connectivity index (χ4v) is 4.16. The topological polar surface area (TPSA) is 90.3 Å². The van der Waals surface area contributed by atoms with E-state index in [0.717, 1.165) is 35.2 Å². The SMILES string of the molecule is Cc1cc2c(c(=O)n1C[C@H]1CCCO1)[C@@H](c1ccc(Br)cc1)C(C#N)=C(N)O2. The molecule has 0 saturated carbocycles. The average Bonchev–Trinajstić information content (AvgIpc) is 3.18. The van der Waals surface area contributed by atoms with Crippen molar-refractivity contribution in [2.45, 2.75) is 38.3 Å². The van der Waals surface area contributed by atoms with Crippen molar-refractivity contribution >= 4 is 15.9 Å². The molecule has 0 amide bonds. The predicted molar refractivity (Wildman–Crippen MR) is 108 cm³/mol. The normalized spacial score (nSPS) is 21.2. The second kappa shape index (κ2) is 7.46. The molecule has 28 heavy (non-hydrogen) atoms. The average molecular weight is 442 g/mol. The molecule has 2 N–H and O–H groups in total. The highest BCUT2D eigenvalue weighted by Gasteiger charge is 2.34. The lowest BCUT2D eigenvalue weighted by molar-refractivity contribution is 0.0955. The van der Waals surface area contributed by atoms with Gasteiger partial charge in [0.1, 0.15) is 17.4 Å². The van der Waals surface area contributed by atoms with E-state index in [1.807, 2.05) is 37.3 Å². The second-order valence-electron chi connectivity index (χ2n) is 7.09. The molecule has 6 nitrogen and oxygen atoms in total. The van der Waals surface area contributed by atoms with E-state index >= 15 is 0 Å². The number of ether oxygens (including phenoxy) is 2. The first-order chi connectivity index (χ1) is 13.5. The Labute approximate surface area is 171 Å². The van der Waals surface area contributed by atoms with Crippen molar-refractivity contribution in [3.05, 3.63) is 73.4 Å². The molecule has 0 radical (unpaired) electrons. The quantitative estimate of drug-likeness (QED) is 0.788. The number of pyridine rings is 1. The standard InChI is InChI=1S/C21H20BrN3O3/c1-12-9-17-19(21(26)25(12)11-15-3-2-8-27-15)18(16(10-23)20(24)28-17)13-4-6-14(22)7-5-13/h4-7,9,15,18H,2-3,8,11,24H2,1H3/t15-,18+/m1/s1. The van der Waals surface area contributed by atoms with E-state index in [4.69, 9.17) is 15.2 Å². The lowest BCUT2D eigenvalue weighted by atomic mass is 9.84. The summed E-state index contributed by atoms with van der Waals surface area (Å²) in [5.74, 6) is -0.111.